The van der Waals surface area contributed by atoms with Crippen molar-refractivity contribution in [2.75, 3.05) is 12.4 Å². The molecule has 1 aromatic rings. The van der Waals surface area contributed by atoms with Gasteiger partial charge in [0.25, 0.3) is 0 Å². The monoisotopic (exact) mass is 207 g/mol. The number of methoxy groups -OCH3 is 1. The van der Waals surface area contributed by atoms with Crippen molar-refractivity contribution in [3.8, 4) is 0 Å². The first-order valence-corrected chi connectivity index (χ1v) is 4.51. The third-order valence-corrected chi connectivity index (χ3v) is 1.98. The highest BCUT2D eigenvalue weighted by molar-refractivity contribution is 6.01. The summed E-state index contributed by atoms with van der Waals surface area (Å²) >= 11 is 0. The van der Waals surface area contributed by atoms with E-state index in [1.54, 1.807) is 12.1 Å². The number of hydrogen-bond acceptors (Lipinski definition) is 3. The first-order chi connectivity index (χ1) is 7.06. The number of amides is 1. The average molecular weight is 207 g/mol. The lowest BCUT2D eigenvalue weighted by Gasteiger charge is -2.10. The molecule has 1 rings (SSSR count). The molecule has 0 aliphatic carbocycles. The Kier molecular flexibility index (Phi) is 3.44. The molecule has 0 spiro atoms. The van der Waals surface area contributed by atoms with Crippen LogP contribution in [-0.4, -0.2) is 19.0 Å². The first-order valence-electron chi connectivity index (χ1n) is 4.51. The van der Waals surface area contributed by atoms with Crippen molar-refractivity contribution in [3.63, 3.8) is 0 Å². The maximum atomic E-state index is 11.4. The number of benzene rings is 1. The molecule has 0 bridgehead atoms. The normalized spacial score (nSPS) is 9.53. The summed E-state index contributed by atoms with van der Waals surface area (Å²) in [5, 5.41) is 2.62. The smallest absolute Gasteiger partial charge is 0.339 e. The van der Waals surface area contributed by atoms with Gasteiger partial charge in [-0.2, -0.15) is 0 Å². The van der Waals surface area contributed by atoms with Crippen LogP contribution in [0.1, 0.15) is 22.8 Å². The highest BCUT2D eigenvalue weighted by atomic mass is 16.5. The maximum absolute atomic E-state index is 11.4. The summed E-state index contributed by atoms with van der Waals surface area (Å²) < 4.78 is 4.62. The maximum Gasteiger partial charge on any atom is 0.339 e. The van der Waals surface area contributed by atoms with E-state index in [-0.39, 0.29) is 5.91 Å². The lowest BCUT2D eigenvalue weighted by molar-refractivity contribution is -0.114. The first kappa shape index (κ1) is 11.2. The molecule has 1 amide bonds. The number of esters is 1. The van der Waals surface area contributed by atoms with Crippen LogP contribution in [0, 0.1) is 6.92 Å². The van der Waals surface area contributed by atoms with Gasteiger partial charge in [0.2, 0.25) is 5.91 Å². The highest BCUT2D eigenvalue weighted by Gasteiger charge is 2.13. The van der Waals surface area contributed by atoms with E-state index in [1.807, 2.05) is 13.0 Å². The summed E-state index contributed by atoms with van der Waals surface area (Å²) in [7, 11) is 1.31. The fraction of sp³-hybridized carbons (Fsp3) is 0.273. The summed E-state index contributed by atoms with van der Waals surface area (Å²) in [4.78, 5) is 22.4. The molecule has 0 aliphatic rings. The van der Waals surface area contributed by atoms with Crippen LogP contribution in [0.15, 0.2) is 18.2 Å². The van der Waals surface area contributed by atoms with Crippen molar-refractivity contribution in [1.82, 2.24) is 0 Å². The molecule has 0 unspecified atom stereocenters. The molecule has 15 heavy (non-hydrogen) atoms. The minimum Gasteiger partial charge on any atom is -0.465 e. The van der Waals surface area contributed by atoms with Crippen LogP contribution >= 0.6 is 0 Å². The molecule has 0 aromatic heterocycles. The highest BCUT2D eigenvalue weighted by Crippen LogP contribution is 2.21. The number of para-hydroxylation sites is 1. The number of ether oxygens (including phenoxy) is 1. The Morgan fingerprint density at radius 3 is 2.53 bits per heavy atom. The van der Waals surface area contributed by atoms with Gasteiger partial charge in [-0.1, -0.05) is 12.1 Å². The number of aryl methyl sites for hydroxylation is 1. The molecule has 0 radical (unpaired) electrons. The third-order valence-electron chi connectivity index (χ3n) is 1.98. The lowest BCUT2D eigenvalue weighted by Crippen LogP contribution is -2.13. The molecule has 1 aromatic carbocycles. The number of carbonyl (C=O) groups is 2. The van der Waals surface area contributed by atoms with Gasteiger partial charge in [0.1, 0.15) is 0 Å². The van der Waals surface area contributed by atoms with Crippen LogP contribution in [0.2, 0.25) is 0 Å². The van der Waals surface area contributed by atoms with Crippen molar-refractivity contribution in [1.29, 1.82) is 0 Å². The van der Waals surface area contributed by atoms with Crippen LogP contribution in [0.4, 0.5) is 5.69 Å². The average Bonchev–Trinajstić information content (AvgIpc) is 2.19. The fourth-order valence-electron chi connectivity index (χ4n) is 1.29. The van der Waals surface area contributed by atoms with Crippen molar-refractivity contribution < 1.29 is 14.3 Å². The van der Waals surface area contributed by atoms with Crippen molar-refractivity contribution >= 4 is 17.6 Å². The number of anilines is 1. The van der Waals surface area contributed by atoms with Crippen LogP contribution in [-0.2, 0) is 9.53 Å². The number of hydrogen-bond donors (Lipinski definition) is 1. The Balaban J connectivity index is 3.19. The minimum absolute atomic E-state index is 0.213. The van der Waals surface area contributed by atoms with Gasteiger partial charge in [0.15, 0.2) is 0 Å². The third kappa shape index (κ3) is 2.56. The zero-order valence-corrected chi connectivity index (χ0v) is 8.96. The van der Waals surface area contributed by atoms with E-state index < -0.39 is 5.97 Å². The predicted octanol–water partition coefficient (Wildman–Crippen LogP) is 1.74. The Bertz CT molecular complexity index is 399. The van der Waals surface area contributed by atoms with Crippen molar-refractivity contribution in [2.24, 2.45) is 0 Å². The van der Waals surface area contributed by atoms with Gasteiger partial charge in [-0.25, -0.2) is 4.79 Å². The van der Waals surface area contributed by atoms with E-state index in [1.165, 1.54) is 14.0 Å². The van der Waals surface area contributed by atoms with Gasteiger partial charge in [-0.3, -0.25) is 4.79 Å². The largest absolute Gasteiger partial charge is 0.465 e. The molecule has 0 heterocycles. The van der Waals surface area contributed by atoms with Gasteiger partial charge in [-0.05, 0) is 18.6 Å². The molecule has 0 aliphatic heterocycles. The molecule has 1 N–H and O–H groups in total. The summed E-state index contributed by atoms with van der Waals surface area (Å²) in [6, 6.07) is 5.18. The molecule has 4 nitrogen and oxygen atoms in total. The van der Waals surface area contributed by atoms with Crippen molar-refractivity contribution in [3.05, 3.63) is 29.3 Å². The summed E-state index contributed by atoms with van der Waals surface area (Å²) in [6.45, 7) is 3.21. The molecular formula is C11H13NO3. The Morgan fingerprint density at radius 2 is 2.00 bits per heavy atom. The second-order valence-electron chi connectivity index (χ2n) is 3.17. The van der Waals surface area contributed by atoms with Gasteiger partial charge in [-0.15, -0.1) is 0 Å². The standard InChI is InChI=1S/C11H13NO3/c1-7-5-4-6-9(11(14)15-3)10(7)12-8(2)13/h4-6H,1-3H3,(H,12,13). The quantitative estimate of drug-likeness (QED) is 0.751. The molecule has 80 valence electrons. The summed E-state index contributed by atoms with van der Waals surface area (Å²) in [5.74, 6) is -0.670. The molecule has 0 saturated heterocycles. The number of nitrogens with one attached hydrogen (secondary N) is 1. The zero-order valence-electron chi connectivity index (χ0n) is 8.96. The van der Waals surface area contributed by atoms with Crippen LogP contribution in [0.25, 0.3) is 0 Å². The number of carbonyl (C=O) groups excluding carboxylic acids is 2. The molecule has 4 heteroatoms. The Hall–Kier alpha value is -1.84. The SMILES string of the molecule is COC(=O)c1cccc(C)c1NC(C)=O. The van der Waals surface area contributed by atoms with E-state index in [2.05, 4.69) is 10.1 Å². The second-order valence-corrected chi connectivity index (χ2v) is 3.17. The molecule has 0 fully saturated rings. The molecule has 0 atom stereocenters. The van der Waals surface area contributed by atoms with E-state index >= 15 is 0 Å². The van der Waals surface area contributed by atoms with Gasteiger partial charge in [0.05, 0.1) is 18.4 Å². The zero-order chi connectivity index (χ0) is 11.4. The molecule has 0 saturated carbocycles. The van der Waals surface area contributed by atoms with Gasteiger partial charge < -0.3 is 10.1 Å². The Morgan fingerprint density at radius 1 is 1.33 bits per heavy atom. The predicted molar refractivity (Wildman–Crippen MR) is 56.8 cm³/mol. The summed E-state index contributed by atoms with van der Waals surface area (Å²) in [5.41, 5.74) is 1.71. The van der Waals surface area contributed by atoms with Crippen molar-refractivity contribution in [2.45, 2.75) is 13.8 Å². The minimum atomic E-state index is -0.456. The van der Waals surface area contributed by atoms with E-state index in [4.69, 9.17) is 0 Å². The van der Waals surface area contributed by atoms with Crippen LogP contribution < -0.4 is 5.32 Å². The second kappa shape index (κ2) is 4.59. The number of rotatable bonds is 2. The topological polar surface area (TPSA) is 55.4 Å². The fourth-order valence-corrected chi connectivity index (χ4v) is 1.29. The Labute approximate surface area is 88.2 Å². The lowest BCUT2D eigenvalue weighted by atomic mass is 10.1. The summed E-state index contributed by atoms with van der Waals surface area (Å²) in [6.07, 6.45) is 0. The van der Waals surface area contributed by atoms with Gasteiger partial charge in [0, 0.05) is 6.92 Å². The van der Waals surface area contributed by atoms with Crippen LogP contribution in [0.3, 0.4) is 0 Å². The van der Waals surface area contributed by atoms with E-state index in [0.717, 1.165) is 5.56 Å². The van der Waals surface area contributed by atoms with E-state index in [9.17, 15) is 9.59 Å². The van der Waals surface area contributed by atoms with E-state index in [0.29, 0.717) is 11.3 Å². The van der Waals surface area contributed by atoms with Gasteiger partial charge >= 0.3 is 5.97 Å². The molecular weight excluding hydrogens is 194 g/mol. The van der Waals surface area contributed by atoms with Crippen LogP contribution in [0.5, 0.6) is 0 Å².